The van der Waals surface area contributed by atoms with Crippen molar-refractivity contribution in [2.45, 2.75) is 25.7 Å². The van der Waals surface area contributed by atoms with Crippen LogP contribution in [0.1, 0.15) is 25.7 Å². The van der Waals surface area contributed by atoms with Gasteiger partial charge in [0.1, 0.15) is 12.4 Å². The average molecular weight is 254 g/mol. The molecule has 1 aromatic carbocycles. The van der Waals surface area contributed by atoms with Crippen molar-refractivity contribution < 1.29 is 4.74 Å². The van der Waals surface area contributed by atoms with Gasteiger partial charge in [-0.3, -0.25) is 4.90 Å². The van der Waals surface area contributed by atoms with Gasteiger partial charge >= 0.3 is 0 Å². The molecule has 17 heavy (non-hydrogen) atoms. The first-order valence-corrected chi connectivity index (χ1v) is 6.83. The van der Waals surface area contributed by atoms with Gasteiger partial charge in [0, 0.05) is 11.6 Å². The minimum absolute atomic E-state index is 0.755. The summed E-state index contributed by atoms with van der Waals surface area (Å²) in [5.41, 5.74) is 0. The molecular formula is C14H20ClNO. The van der Waals surface area contributed by atoms with Crippen molar-refractivity contribution in [2.24, 2.45) is 0 Å². The van der Waals surface area contributed by atoms with Gasteiger partial charge in [-0.25, -0.2) is 0 Å². The van der Waals surface area contributed by atoms with E-state index >= 15 is 0 Å². The summed E-state index contributed by atoms with van der Waals surface area (Å²) in [6.45, 7) is 4.25. The van der Waals surface area contributed by atoms with E-state index in [2.05, 4.69) is 4.90 Å². The predicted molar refractivity (Wildman–Crippen MR) is 71.9 cm³/mol. The summed E-state index contributed by atoms with van der Waals surface area (Å²) < 4.78 is 5.70. The van der Waals surface area contributed by atoms with E-state index in [1.807, 2.05) is 24.3 Å². The molecule has 1 heterocycles. The number of hydrogen-bond donors (Lipinski definition) is 0. The minimum atomic E-state index is 0.755. The van der Waals surface area contributed by atoms with Gasteiger partial charge in [-0.2, -0.15) is 0 Å². The zero-order valence-corrected chi connectivity index (χ0v) is 11.0. The Labute approximate surface area is 109 Å². The van der Waals surface area contributed by atoms with Crippen LogP contribution in [-0.2, 0) is 0 Å². The third kappa shape index (κ3) is 4.57. The van der Waals surface area contributed by atoms with E-state index in [1.54, 1.807) is 0 Å². The summed E-state index contributed by atoms with van der Waals surface area (Å²) in [4.78, 5) is 2.50. The minimum Gasteiger partial charge on any atom is -0.492 e. The van der Waals surface area contributed by atoms with Crippen LogP contribution in [0.3, 0.4) is 0 Å². The number of hydrogen-bond acceptors (Lipinski definition) is 2. The van der Waals surface area contributed by atoms with Gasteiger partial charge in [0.2, 0.25) is 0 Å². The fourth-order valence-corrected chi connectivity index (χ4v) is 2.31. The SMILES string of the molecule is Clc1ccc(OCCN2CCCCCC2)cc1. The molecule has 0 N–H and O–H groups in total. The lowest BCUT2D eigenvalue weighted by Gasteiger charge is -2.19. The highest BCUT2D eigenvalue weighted by Gasteiger charge is 2.08. The van der Waals surface area contributed by atoms with Gasteiger partial charge in [0.15, 0.2) is 0 Å². The Hall–Kier alpha value is -0.730. The molecule has 0 radical (unpaired) electrons. The van der Waals surface area contributed by atoms with E-state index in [0.29, 0.717) is 0 Å². The molecule has 0 bridgehead atoms. The molecule has 0 aliphatic carbocycles. The molecule has 2 rings (SSSR count). The molecule has 0 spiro atoms. The topological polar surface area (TPSA) is 12.5 Å². The predicted octanol–water partition coefficient (Wildman–Crippen LogP) is 3.59. The Morgan fingerprint density at radius 2 is 1.65 bits per heavy atom. The van der Waals surface area contributed by atoms with Crippen LogP contribution < -0.4 is 4.74 Å². The van der Waals surface area contributed by atoms with Crippen molar-refractivity contribution >= 4 is 11.6 Å². The Morgan fingerprint density at radius 1 is 1.00 bits per heavy atom. The Kier molecular flexibility index (Phi) is 5.14. The zero-order chi connectivity index (χ0) is 11.9. The van der Waals surface area contributed by atoms with Crippen LogP contribution in [-0.4, -0.2) is 31.1 Å². The molecule has 1 aromatic rings. The van der Waals surface area contributed by atoms with Crippen LogP contribution in [0.2, 0.25) is 5.02 Å². The summed E-state index contributed by atoms with van der Waals surface area (Å²) in [5.74, 6) is 0.907. The highest BCUT2D eigenvalue weighted by molar-refractivity contribution is 6.30. The van der Waals surface area contributed by atoms with E-state index in [4.69, 9.17) is 16.3 Å². The van der Waals surface area contributed by atoms with E-state index in [1.165, 1.54) is 38.8 Å². The van der Waals surface area contributed by atoms with Crippen LogP contribution in [0.5, 0.6) is 5.75 Å². The molecule has 2 nitrogen and oxygen atoms in total. The lowest BCUT2D eigenvalue weighted by molar-refractivity contribution is 0.214. The van der Waals surface area contributed by atoms with Crippen molar-refractivity contribution in [2.75, 3.05) is 26.2 Å². The van der Waals surface area contributed by atoms with Crippen molar-refractivity contribution in [1.82, 2.24) is 4.90 Å². The maximum absolute atomic E-state index is 5.82. The molecule has 0 aromatic heterocycles. The summed E-state index contributed by atoms with van der Waals surface area (Å²) in [6.07, 6.45) is 5.44. The Bertz CT molecular complexity index is 317. The largest absolute Gasteiger partial charge is 0.492 e. The molecule has 0 atom stereocenters. The quantitative estimate of drug-likeness (QED) is 0.813. The fraction of sp³-hybridized carbons (Fsp3) is 0.571. The molecule has 1 saturated heterocycles. The number of ether oxygens (including phenoxy) is 1. The maximum atomic E-state index is 5.82. The van der Waals surface area contributed by atoms with E-state index in [0.717, 1.165) is 23.9 Å². The van der Waals surface area contributed by atoms with Gasteiger partial charge in [-0.05, 0) is 50.2 Å². The first kappa shape index (κ1) is 12.7. The van der Waals surface area contributed by atoms with Gasteiger partial charge in [0.25, 0.3) is 0 Å². The van der Waals surface area contributed by atoms with Gasteiger partial charge in [-0.15, -0.1) is 0 Å². The summed E-state index contributed by atoms with van der Waals surface area (Å²) in [6, 6.07) is 7.57. The van der Waals surface area contributed by atoms with Crippen molar-refractivity contribution in [3.8, 4) is 5.75 Å². The lowest BCUT2D eigenvalue weighted by Crippen LogP contribution is -2.29. The molecule has 1 fully saturated rings. The van der Waals surface area contributed by atoms with Crippen LogP contribution in [0, 0.1) is 0 Å². The molecular weight excluding hydrogens is 234 g/mol. The first-order valence-electron chi connectivity index (χ1n) is 6.45. The molecule has 3 heteroatoms. The van der Waals surface area contributed by atoms with Crippen LogP contribution in [0.15, 0.2) is 24.3 Å². The highest BCUT2D eigenvalue weighted by Crippen LogP contribution is 2.15. The molecule has 0 unspecified atom stereocenters. The number of rotatable bonds is 4. The van der Waals surface area contributed by atoms with Crippen molar-refractivity contribution in [3.05, 3.63) is 29.3 Å². The van der Waals surface area contributed by atoms with E-state index in [-0.39, 0.29) is 0 Å². The standard InChI is InChI=1S/C14H20ClNO/c15-13-5-7-14(8-6-13)17-12-11-16-9-3-1-2-4-10-16/h5-8H,1-4,9-12H2. The molecule has 1 aliphatic rings. The third-order valence-corrected chi connectivity index (χ3v) is 3.44. The fourth-order valence-electron chi connectivity index (χ4n) is 2.18. The maximum Gasteiger partial charge on any atom is 0.119 e. The molecule has 0 amide bonds. The van der Waals surface area contributed by atoms with Gasteiger partial charge < -0.3 is 4.74 Å². The zero-order valence-electron chi connectivity index (χ0n) is 10.2. The monoisotopic (exact) mass is 253 g/mol. The smallest absolute Gasteiger partial charge is 0.119 e. The average Bonchev–Trinajstić information content (AvgIpc) is 2.60. The third-order valence-electron chi connectivity index (χ3n) is 3.19. The molecule has 94 valence electrons. The molecule has 0 saturated carbocycles. The second kappa shape index (κ2) is 6.87. The number of likely N-dealkylation sites (tertiary alicyclic amines) is 1. The summed E-state index contributed by atoms with van der Waals surface area (Å²) in [7, 11) is 0. The number of halogens is 1. The number of nitrogens with zero attached hydrogens (tertiary/aromatic N) is 1. The van der Waals surface area contributed by atoms with E-state index in [9.17, 15) is 0 Å². The summed E-state index contributed by atoms with van der Waals surface area (Å²) in [5, 5.41) is 0.755. The van der Waals surface area contributed by atoms with E-state index < -0.39 is 0 Å². The lowest BCUT2D eigenvalue weighted by atomic mass is 10.2. The van der Waals surface area contributed by atoms with Crippen LogP contribution in [0.4, 0.5) is 0 Å². The highest BCUT2D eigenvalue weighted by atomic mass is 35.5. The van der Waals surface area contributed by atoms with Crippen molar-refractivity contribution in [3.63, 3.8) is 0 Å². The second-order valence-electron chi connectivity index (χ2n) is 4.56. The summed E-state index contributed by atoms with van der Waals surface area (Å²) >= 11 is 5.82. The van der Waals surface area contributed by atoms with Crippen LogP contribution >= 0.6 is 11.6 Å². The van der Waals surface area contributed by atoms with Gasteiger partial charge in [-0.1, -0.05) is 24.4 Å². The normalized spacial score (nSPS) is 17.7. The second-order valence-corrected chi connectivity index (χ2v) is 4.99. The number of benzene rings is 1. The van der Waals surface area contributed by atoms with Gasteiger partial charge in [0.05, 0.1) is 0 Å². The first-order chi connectivity index (χ1) is 8.34. The Morgan fingerprint density at radius 3 is 2.29 bits per heavy atom. The Balaban J connectivity index is 1.69. The molecule has 1 aliphatic heterocycles. The van der Waals surface area contributed by atoms with Crippen molar-refractivity contribution in [1.29, 1.82) is 0 Å². The van der Waals surface area contributed by atoms with Crippen LogP contribution in [0.25, 0.3) is 0 Å².